The van der Waals surface area contributed by atoms with Crippen LogP contribution < -0.4 is 0 Å². The molecule has 0 nitrogen and oxygen atoms in total. The van der Waals surface area contributed by atoms with Crippen LogP contribution in [0.1, 0.15) is 142 Å². The first-order valence-corrected chi connectivity index (χ1v) is 17.4. The highest BCUT2D eigenvalue weighted by atomic mass is 31.1. The maximum atomic E-state index is 2.81. The molecule has 0 spiro atoms. The molecule has 0 saturated heterocycles. The topological polar surface area (TPSA) is 0 Å². The maximum absolute atomic E-state index is 2.81. The Hall–Kier alpha value is 0.860. The summed E-state index contributed by atoms with van der Waals surface area (Å²) >= 11 is 0. The van der Waals surface area contributed by atoms with Crippen molar-refractivity contribution in [1.29, 1.82) is 0 Å². The van der Waals surface area contributed by atoms with Crippen molar-refractivity contribution in [3.8, 4) is 0 Å². The van der Waals surface area contributed by atoms with Crippen molar-refractivity contribution in [2.75, 3.05) is 0 Å². The predicted molar refractivity (Wildman–Crippen MR) is 140 cm³/mol. The first-order chi connectivity index (χ1) is 14.8. The zero-order valence-corrected chi connectivity index (χ0v) is 22.3. The Kier molecular flexibility index (Phi) is 9.89. The minimum absolute atomic E-state index is 0.244. The average Bonchev–Trinajstić information content (AvgIpc) is 2.82. The van der Waals surface area contributed by atoms with E-state index in [1.807, 2.05) is 0 Å². The van der Waals surface area contributed by atoms with Gasteiger partial charge in [-0.3, -0.25) is 0 Å². The van der Waals surface area contributed by atoms with Crippen molar-refractivity contribution in [2.45, 2.75) is 176 Å². The molecule has 0 heterocycles. The summed E-state index contributed by atoms with van der Waals surface area (Å²) in [5, 5.41) is 0. The standard InChI is InChI=1S/C28H52P2/c1-23(29(25-15-7-3-8-16-25)26-17-9-4-10-18-26)24(2)30(27-19-11-5-12-20-27)28-21-13-6-14-22-28/h23-28H,3-22H2,1-2H3/t23-,24-/m1/s1. The monoisotopic (exact) mass is 450 g/mol. The van der Waals surface area contributed by atoms with Crippen LogP contribution in [0.15, 0.2) is 0 Å². The van der Waals surface area contributed by atoms with E-state index < -0.39 is 0 Å². The first-order valence-electron chi connectivity index (χ1n) is 14.3. The molecule has 0 bridgehead atoms. The summed E-state index contributed by atoms with van der Waals surface area (Å²) in [7, 11) is 0.488. The lowest BCUT2D eigenvalue weighted by atomic mass is 9.99. The third-order valence-electron chi connectivity index (χ3n) is 9.62. The summed E-state index contributed by atoms with van der Waals surface area (Å²) in [4.78, 5) is 0. The molecule has 4 fully saturated rings. The molecular weight excluding hydrogens is 398 g/mol. The largest absolute Gasteiger partial charge is 0.0968 e. The van der Waals surface area contributed by atoms with E-state index in [-0.39, 0.29) is 15.8 Å². The molecule has 0 radical (unpaired) electrons. The van der Waals surface area contributed by atoms with Crippen molar-refractivity contribution in [3.05, 3.63) is 0 Å². The number of hydrogen-bond acceptors (Lipinski definition) is 0. The lowest BCUT2D eigenvalue weighted by Gasteiger charge is -2.49. The van der Waals surface area contributed by atoms with Gasteiger partial charge in [0.1, 0.15) is 0 Å². The molecule has 0 aromatic heterocycles. The second-order valence-electron chi connectivity index (χ2n) is 11.5. The van der Waals surface area contributed by atoms with Gasteiger partial charge in [0.25, 0.3) is 0 Å². The summed E-state index contributed by atoms with van der Waals surface area (Å²) < 4.78 is 0. The van der Waals surface area contributed by atoms with Crippen LogP contribution >= 0.6 is 15.8 Å². The van der Waals surface area contributed by atoms with Gasteiger partial charge in [0.2, 0.25) is 0 Å². The third-order valence-corrected chi connectivity index (χ3v) is 18.1. The Morgan fingerprint density at radius 3 is 0.767 bits per heavy atom. The van der Waals surface area contributed by atoms with Crippen LogP contribution in [0.2, 0.25) is 0 Å². The molecule has 174 valence electrons. The summed E-state index contributed by atoms with van der Waals surface area (Å²) in [6.07, 6.45) is 31.4. The smallest absolute Gasteiger partial charge is 0.0167 e. The van der Waals surface area contributed by atoms with E-state index in [1.165, 1.54) is 25.7 Å². The zero-order valence-electron chi connectivity index (χ0n) is 20.5. The Bertz CT molecular complexity index is 387. The molecule has 4 rings (SSSR count). The van der Waals surface area contributed by atoms with E-state index in [1.54, 1.807) is 103 Å². The maximum Gasteiger partial charge on any atom is -0.0167 e. The Balaban J connectivity index is 1.53. The molecule has 30 heavy (non-hydrogen) atoms. The van der Waals surface area contributed by atoms with Gasteiger partial charge in [0, 0.05) is 0 Å². The normalized spacial score (nSPS) is 28.8. The van der Waals surface area contributed by atoms with Crippen molar-refractivity contribution in [3.63, 3.8) is 0 Å². The molecule has 0 aromatic carbocycles. The number of rotatable bonds is 7. The van der Waals surface area contributed by atoms with Gasteiger partial charge in [0.05, 0.1) is 0 Å². The first kappa shape index (κ1) is 24.0. The van der Waals surface area contributed by atoms with E-state index in [2.05, 4.69) is 13.8 Å². The molecule has 4 saturated carbocycles. The molecule has 0 amide bonds. The van der Waals surface area contributed by atoms with Crippen molar-refractivity contribution < 1.29 is 0 Å². The molecule has 0 aromatic rings. The second-order valence-corrected chi connectivity index (χ2v) is 17.9. The molecule has 0 unspecified atom stereocenters. The lowest BCUT2D eigenvalue weighted by molar-refractivity contribution is 0.475. The van der Waals surface area contributed by atoms with Crippen LogP contribution in [0.3, 0.4) is 0 Å². The van der Waals surface area contributed by atoms with E-state index in [9.17, 15) is 0 Å². The molecular formula is C28H52P2. The molecule has 4 aliphatic carbocycles. The van der Waals surface area contributed by atoms with Crippen LogP contribution in [0, 0.1) is 0 Å². The lowest BCUT2D eigenvalue weighted by Crippen LogP contribution is -2.34. The van der Waals surface area contributed by atoms with Gasteiger partial charge < -0.3 is 0 Å². The summed E-state index contributed by atoms with van der Waals surface area (Å²) in [5.41, 5.74) is 6.68. The highest BCUT2D eigenvalue weighted by Crippen LogP contribution is 2.67. The fourth-order valence-electron chi connectivity index (χ4n) is 7.94. The van der Waals surface area contributed by atoms with Gasteiger partial charge in [-0.05, 0) is 85.3 Å². The minimum atomic E-state index is 0.244. The molecule has 4 aliphatic rings. The molecule has 2 atom stereocenters. The van der Waals surface area contributed by atoms with Crippen LogP contribution in [0.25, 0.3) is 0 Å². The summed E-state index contributed by atoms with van der Waals surface area (Å²) in [5.74, 6) is 0. The van der Waals surface area contributed by atoms with Crippen LogP contribution in [-0.4, -0.2) is 34.0 Å². The van der Waals surface area contributed by atoms with Crippen molar-refractivity contribution in [1.82, 2.24) is 0 Å². The molecule has 0 N–H and O–H groups in total. The van der Waals surface area contributed by atoms with Gasteiger partial charge in [-0.1, -0.05) is 107 Å². The fraction of sp³-hybridized carbons (Fsp3) is 1.00. The van der Waals surface area contributed by atoms with E-state index >= 15 is 0 Å². The van der Waals surface area contributed by atoms with E-state index in [0.717, 1.165) is 34.0 Å². The third kappa shape index (κ3) is 6.05. The van der Waals surface area contributed by atoms with Crippen LogP contribution in [0.4, 0.5) is 0 Å². The van der Waals surface area contributed by atoms with Crippen molar-refractivity contribution in [2.24, 2.45) is 0 Å². The Labute approximate surface area is 192 Å². The molecule has 0 aliphatic heterocycles. The van der Waals surface area contributed by atoms with Gasteiger partial charge in [-0.2, -0.15) is 0 Å². The average molecular weight is 451 g/mol. The fourth-order valence-corrected chi connectivity index (χ4v) is 17.6. The van der Waals surface area contributed by atoms with Crippen LogP contribution in [-0.2, 0) is 0 Å². The minimum Gasteiger partial charge on any atom is -0.0968 e. The van der Waals surface area contributed by atoms with Gasteiger partial charge >= 0.3 is 0 Å². The van der Waals surface area contributed by atoms with Gasteiger partial charge in [0.15, 0.2) is 0 Å². The predicted octanol–water partition coefficient (Wildman–Crippen LogP) is 10.1. The second kappa shape index (κ2) is 12.4. The molecule has 2 heteroatoms. The quantitative estimate of drug-likeness (QED) is 0.338. The van der Waals surface area contributed by atoms with Gasteiger partial charge in [-0.15, -0.1) is 0 Å². The zero-order chi connectivity index (χ0) is 20.8. The van der Waals surface area contributed by atoms with Crippen molar-refractivity contribution >= 4 is 15.8 Å². The summed E-state index contributed by atoms with van der Waals surface area (Å²) in [6, 6.07) is 0. The Morgan fingerprint density at radius 2 is 0.567 bits per heavy atom. The summed E-state index contributed by atoms with van der Waals surface area (Å²) in [6.45, 7) is 5.61. The van der Waals surface area contributed by atoms with E-state index in [4.69, 9.17) is 0 Å². The highest BCUT2D eigenvalue weighted by molar-refractivity contribution is 7.64. The number of hydrogen-bond donors (Lipinski definition) is 0. The Morgan fingerprint density at radius 1 is 0.367 bits per heavy atom. The van der Waals surface area contributed by atoms with E-state index in [0.29, 0.717) is 0 Å². The van der Waals surface area contributed by atoms with Crippen LogP contribution in [0.5, 0.6) is 0 Å². The highest BCUT2D eigenvalue weighted by Gasteiger charge is 2.42. The van der Waals surface area contributed by atoms with Gasteiger partial charge in [-0.25, -0.2) is 0 Å². The SMILES string of the molecule is C[C@H]([C@@H](C)P(C1CCCCC1)C1CCCCC1)P(C1CCCCC1)C1CCCCC1.